The molecule has 2 saturated heterocycles. The molecule has 0 aromatic carbocycles. The molecule has 1 aromatic heterocycles. The summed E-state index contributed by atoms with van der Waals surface area (Å²) in [6.45, 7) is 6.70. The van der Waals surface area contributed by atoms with Crippen LogP contribution in [0.4, 0.5) is 5.82 Å². The Morgan fingerprint density at radius 1 is 1.30 bits per heavy atom. The average molecular weight is 276 g/mol. The fourth-order valence-electron chi connectivity index (χ4n) is 3.32. The van der Waals surface area contributed by atoms with Gasteiger partial charge in [0, 0.05) is 57.5 Å². The minimum Gasteiger partial charge on any atom is -0.381 e. The van der Waals surface area contributed by atoms with E-state index >= 15 is 0 Å². The Kier molecular flexibility index (Phi) is 4.50. The Bertz CT molecular complexity index is 400. The molecule has 2 aliphatic rings. The highest BCUT2D eigenvalue weighted by Crippen LogP contribution is 2.22. The van der Waals surface area contributed by atoms with Crippen LogP contribution in [0.25, 0.3) is 0 Å². The van der Waals surface area contributed by atoms with Crippen molar-refractivity contribution in [1.29, 1.82) is 0 Å². The fraction of sp³-hybridized carbons (Fsp3) is 0.667. The first-order valence-corrected chi connectivity index (χ1v) is 7.56. The minimum absolute atomic E-state index is 0.475. The van der Waals surface area contributed by atoms with Crippen molar-refractivity contribution in [3.8, 4) is 0 Å². The third-order valence-electron chi connectivity index (χ3n) is 4.51. The molecule has 1 aromatic rings. The number of hydrogen-bond acceptors (Lipinski definition) is 5. The van der Waals surface area contributed by atoms with Gasteiger partial charge in [0.1, 0.15) is 5.82 Å². The van der Waals surface area contributed by atoms with E-state index in [0.29, 0.717) is 12.0 Å². The second kappa shape index (κ2) is 6.52. The summed E-state index contributed by atoms with van der Waals surface area (Å²) in [5.74, 6) is 1.70. The highest BCUT2D eigenvalue weighted by Gasteiger charge is 2.31. The van der Waals surface area contributed by atoms with Crippen LogP contribution in [0.3, 0.4) is 0 Å². The predicted octanol–water partition coefficient (Wildman–Crippen LogP) is 0.567. The minimum atomic E-state index is 0.475. The summed E-state index contributed by atoms with van der Waals surface area (Å²) in [6, 6.07) is 6.57. The summed E-state index contributed by atoms with van der Waals surface area (Å²) in [5, 5.41) is 0. The van der Waals surface area contributed by atoms with Crippen molar-refractivity contribution in [3.05, 3.63) is 24.4 Å². The summed E-state index contributed by atoms with van der Waals surface area (Å²) in [4.78, 5) is 9.33. The number of nitrogens with two attached hydrogens (primary N) is 1. The summed E-state index contributed by atoms with van der Waals surface area (Å²) in [6.07, 6.45) is 3.02. The quantitative estimate of drug-likeness (QED) is 0.871. The first-order valence-electron chi connectivity index (χ1n) is 7.56. The van der Waals surface area contributed by atoms with Gasteiger partial charge >= 0.3 is 0 Å². The molecule has 0 bridgehead atoms. The van der Waals surface area contributed by atoms with Gasteiger partial charge in [-0.05, 0) is 18.6 Å². The van der Waals surface area contributed by atoms with Crippen LogP contribution in [0.5, 0.6) is 0 Å². The number of piperazine rings is 1. The molecule has 20 heavy (non-hydrogen) atoms. The molecule has 2 N–H and O–H groups in total. The van der Waals surface area contributed by atoms with Gasteiger partial charge in [0.05, 0.1) is 6.61 Å². The van der Waals surface area contributed by atoms with Crippen LogP contribution in [-0.2, 0) is 4.74 Å². The second-order valence-electron chi connectivity index (χ2n) is 5.64. The highest BCUT2D eigenvalue weighted by molar-refractivity contribution is 5.38. The number of anilines is 1. The van der Waals surface area contributed by atoms with E-state index in [1.807, 2.05) is 18.3 Å². The molecule has 0 saturated carbocycles. The van der Waals surface area contributed by atoms with E-state index in [2.05, 4.69) is 20.9 Å². The van der Waals surface area contributed by atoms with Crippen LogP contribution in [0.15, 0.2) is 24.4 Å². The summed E-state index contributed by atoms with van der Waals surface area (Å²) >= 11 is 0. The fourth-order valence-corrected chi connectivity index (χ4v) is 3.32. The molecule has 3 heterocycles. The Morgan fingerprint density at radius 2 is 2.15 bits per heavy atom. The van der Waals surface area contributed by atoms with Gasteiger partial charge in [0.15, 0.2) is 0 Å². The number of ether oxygens (including phenoxy) is 1. The van der Waals surface area contributed by atoms with Gasteiger partial charge in [-0.1, -0.05) is 6.07 Å². The van der Waals surface area contributed by atoms with Crippen LogP contribution in [-0.4, -0.2) is 61.9 Å². The molecular weight excluding hydrogens is 252 g/mol. The van der Waals surface area contributed by atoms with E-state index < -0.39 is 0 Å². The van der Waals surface area contributed by atoms with Crippen LogP contribution in [0.2, 0.25) is 0 Å². The van der Waals surface area contributed by atoms with Gasteiger partial charge in [0.25, 0.3) is 0 Å². The molecular formula is C15H24N4O. The van der Waals surface area contributed by atoms with Gasteiger partial charge in [-0.2, -0.15) is 0 Å². The van der Waals surface area contributed by atoms with Crippen LogP contribution >= 0.6 is 0 Å². The Morgan fingerprint density at radius 3 is 2.75 bits per heavy atom. The highest BCUT2D eigenvalue weighted by atomic mass is 16.5. The van der Waals surface area contributed by atoms with E-state index in [1.54, 1.807) is 0 Å². The molecule has 3 rings (SSSR count). The standard InChI is InChI=1S/C15H24N4O/c16-11-14(13-4-10-20-12-13)18-6-8-19(9-7-18)15-3-1-2-5-17-15/h1-3,5,13-14H,4,6-12,16H2. The van der Waals surface area contributed by atoms with E-state index in [0.717, 1.165) is 58.2 Å². The molecule has 0 amide bonds. The second-order valence-corrected chi connectivity index (χ2v) is 5.64. The lowest BCUT2D eigenvalue weighted by Gasteiger charge is -2.41. The largest absolute Gasteiger partial charge is 0.381 e. The Balaban J connectivity index is 1.57. The maximum Gasteiger partial charge on any atom is 0.128 e. The van der Waals surface area contributed by atoms with Crippen LogP contribution in [0, 0.1) is 5.92 Å². The van der Waals surface area contributed by atoms with E-state index in [1.165, 1.54) is 0 Å². The lowest BCUT2D eigenvalue weighted by atomic mass is 9.97. The van der Waals surface area contributed by atoms with Crippen molar-refractivity contribution in [1.82, 2.24) is 9.88 Å². The number of rotatable bonds is 4. The lowest BCUT2D eigenvalue weighted by molar-refractivity contribution is 0.116. The maximum atomic E-state index is 6.01. The number of nitrogens with zero attached hydrogens (tertiary/aromatic N) is 3. The number of hydrogen-bond donors (Lipinski definition) is 1. The lowest BCUT2D eigenvalue weighted by Crippen LogP contribution is -2.55. The molecule has 2 unspecified atom stereocenters. The molecule has 5 heteroatoms. The molecule has 110 valence electrons. The van der Waals surface area contributed by atoms with Gasteiger partial charge in [-0.15, -0.1) is 0 Å². The Hall–Kier alpha value is -1.17. The zero-order valence-corrected chi connectivity index (χ0v) is 11.9. The Labute approximate surface area is 120 Å². The summed E-state index contributed by atoms with van der Waals surface area (Å²) in [5.41, 5.74) is 6.01. The normalized spacial score (nSPS) is 25.9. The SMILES string of the molecule is NCC(C1CCOC1)N1CCN(c2ccccn2)CC1. The topological polar surface area (TPSA) is 54.6 Å². The molecule has 0 spiro atoms. The van der Waals surface area contributed by atoms with E-state index in [-0.39, 0.29) is 0 Å². The third kappa shape index (κ3) is 2.95. The zero-order valence-electron chi connectivity index (χ0n) is 11.9. The van der Waals surface area contributed by atoms with E-state index in [4.69, 9.17) is 10.5 Å². The average Bonchev–Trinajstić information content (AvgIpc) is 3.04. The van der Waals surface area contributed by atoms with Crippen LogP contribution in [0.1, 0.15) is 6.42 Å². The van der Waals surface area contributed by atoms with Gasteiger partial charge in [-0.25, -0.2) is 4.98 Å². The van der Waals surface area contributed by atoms with Crippen molar-refractivity contribution < 1.29 is 4.74 Å². The van der Waals surface area contributed by atoms with Crippen molar-refractivity contribution in [2.45, 2.75) is 12.5 Å². The third-order valence-corrected chi connectivity index (χ3v) is 4.51. The van der Waals surface area contributed by atoms with Crippen molar-refractivity contribution in [3.63, 3.8) is 0 Å². The molecule has 5 nitrogen and oxygen atoms in total. The first kappa shape index (κ1) is 13.8. The monoisotopic (exact) mass is 276 g/mol. The summed E-state index contributed by atoms with van der Waals surface area (Å²) in [7, 11) is 0. The van der Waals surface area contributed by atoms with Gasteiger partial charge in [-0.3, -0.25) is 4.90 Å². The number of pyridine rings is 1. The van der Waals surface area contributed by atoms with Crippen molar-refractivity contribution in [2.75, 3.05) is 50.8 Å². The molecule has 2 aliphatic heterocycles. The molecule has 0 radical (unpaired) electrons. The van der Waals surface area contributed by atoms with Crippen molar-refractivity contribution in [2.24, 2.45) is 11.7 Å². The molecule has 2 fully saturated rings. The summed E-state index contributed by atoms with van der Waals surface area (Å²) < 4.78 is 5.52. The van der Waals surface area contributed by atoms with Crippen molar-refractivity contribution >= 4 is 5.82 Å². The van der Waals surface area contributed by atoms with Gasteiger partial charge < -0.3 is 15.4 Å². The van der Waals surface area contributed by atoms with Crippen LogP contribution < -0.4 is 10.6 Å². The zero-order chi connectivity index (χ0) is 13.8. The number of aromatic nitrogens is 1. The smallest absolute Gasteiger partial charge is 0.128 e. The molecule has 0 aliphatic carbocycles. The van der Waals surface area contributed by atoms with E-state index in [9.17, 15) is 0 Å². The maximum absolute atomic E-state index is 6.01. The first-order chi connectivity index (χ1) is 9.88. The molecule has 2 atom stereocenters. The van der Waals surface area contributed by atoms with Gasteiger partial charge in [0.2, 0.25) is 0 Å². The predicted molar refractivity (Wildman–Crippen MR) is 79.8 cm³/mol.